The lowest BCUT2D eigenvalue weighted by Crippen LogP contribution is -2.01. The van der Waals surface area contributed by atoms with Crippen molar-refractivity contribution in [1.82, 2.24) is 10.2 Å². The van der Waals surface area contributed by atoms with Gasteiger partial charge >= 0.3 is 5.97 Å². The van der Waals surface area contributed by atoms with E-state index in [1.807, 2.05) is 36.4 Å². The quantitative estimate of drug-likeness (QED) is 0.115. The van der Waals surface area contributed by atoms with Crippen LogP contribution in [0.15, 0.2) is 75.2 Å². The van der Waals surface area contributed by atoms with Gasteiger partial charge in [-0.15, -0.1) is 10.2 Å². The normalized spacial score (nSPS) is 11.2. The van der Waals surface area contributed by atoms with E-state index < -0.39 is 5.97 Å². The van der Waals surface area contributed by atoms with Gasteiger partial charge in [-0.25, -0.2) is 4.79 Å². The predicted octanol–water partition coefficient (Wildman–Crippen LogP) is 6.16. The Labute approximate surface area is 236 Å². The van der Waals surface area contributed by atoms with E-state index in [0.717, 1.165) is 20.9 Å². The summed E-state index contributed by atoms with van der Waals surface area (Å²) in [5.41, 5.74) is 2.21. The molecule has 0 aliphatic heterocycles. The van der Waals surface area contributed by atoms with Gasteiger partial charge in [-0.2, -0.15) is 0 Å². The number of benzene rings is 3. The van der Waals surface area contributed by atoms with Crippen molar-refractivity contribution in [2.24, 2.45) is 0 Å². The fourth-order valence-corrected chi connectivity index (χ4v) is 4.83. The van der Waals surface area contributed by atoms with Gasteiger partial charge in [-0.3, -0.25) is 0 Å². The summed E-state index contributed by atoms with van der Waals surface area (Å²) in [4.78, 5) is 12.0. The van der Waals surface area contributed by atoms with Crippen LogP contribution in [0.3, 0.4) is 0 Å². The van der Waals surface area contributed by atoms with Crippen LogP contribution >= 0.6 is 34.4 Å². The maximum atomic E-state index is 12.0. The highest BCUT2D eigenvalue weighted by Gasteiger charge is 2.18. The number of carboxylic acid groups (broad SMARTS) is 1. The number of carboxylic acids is 1. The molecule has 4 aromatic rings. The highest BCUT2D eigenvalue weighted by atomic mass is 127. The van der Waals surface area contributed by atoms with Crippen LogP contribution < -0.4 is 18.9 Å². The first-order valence-corrected chi connectivity index (χ1v) is 13.0. The SMILES string of the molecule is COc1cc(OC)cc(-c2nnc(S/C(=C\c3cc(I)c(OCc4ccccc4)c(OC)c3)C(=O)O)o2)c1. The summed E-state index contributed by atoms with van der Waals surface area (Å²) in [7, 11) is 4.61. The molecule has 9 nitrogen and oxygen atoms in total. The molecule has 0 saturated heterocycles. The molecule has 4 rings (SSSR count). The zero-order valence-electron chi connectivity index (χ0n) is 20.6. The summed E-state index contributed by atoms with van der Waals surface area (Å²) in [6.45, 7) is 0.372. The molecule has 196 valence electrons. The Morgan fingerprint density at radius 1 is 1.00 bits per heavy atom. The average Bonchev–Trinajstić information content (AvgIpc) is 3.40. The van der Waals surface area contributed by atoms with Crippen LogP contribution in [0.4, 0.5) is 0 Å². The van der Waals surface area contributed by atoms with Gasteiger partial charge in [-0.05, 0) is 75.8 Å². The molecule has 1 N–H and O–H groups in total. The van der Waals surface area contributed by atoms with E-state index in [1.165, 1.54) is 27.4 Å². The third-order valence-electron chi connectivity index (χ3n) is 5.19. The van der Waals surface area contributed by atoms with Gasteiger partial charge in [0.1, 0.15) is 23.0 Å². The fraction of sp³-hybridized carbons (Fsp3) is 0.148. The van der Waals surface area contributed by atoms with Crippen LogP contribution in [0.25, 0.3) is 17.5 Å². The molecule has 0 fully saturated rings. The van der Waals surface area contributed by atoms with Crippen molar-refractivity contribution in [3.8, 4) is 34.5 Å². The van der Waals surface area contributed by atoms with Crippen molar-refractivity contribution in [3.05, 3.63) is 80.3 Å². The first-order valence-electron chi connectivity index (χ1n) is 11.1. The Hall–Kier alpha value is -3.71. The number of aromatic nitrogens is 2. The molecule has 38 heavy (non-hydrogen) atoms. The van der Waals surface area contributed by atoms with Crippen LogP contribution in [0.2, 0.25) is 0 Å². The number of hydrogen-bond acceptors (Lipinski definition) is 9. The summed E-state index contributed by atoms with van der Waals surface area (Å²) in [5, 5.41) is 18.0. The molecule has 0 radical (unpaired) electrons. The third-order valence-corrected chi connectivity index (χ3v) is 6.84. The van der Waals surface area contributed by atoms with Crippen LogP contribution in [0, 0.1) is 3.57 Å². The van der Waals surface area contributed by atoms with E-state index in [4.69, 9.17) is 23.4 Å². The summed E-state index contributed by atoms with van der Waals surface area (Å²) in [6, 6.07) is 18.5. The number of thioether (sulfide) groups is 1. The fourth-order valence-electron chi connectivity index (χ4n) is 3.37. The number of halogens is 1. The van der Waals surface area contributed by atoms with E-state index in [1.54, 1.807) is 24.3 Å². The number of carbonyl (C=O) groups is 1. The summed E-state index contributed by atoms with van der Waals surface area (Å²) in [6.07, 6.45) is 1.51. The van der Waals surface area contributed by atoms with Crippen molar-refractivity contribution in [3.63, 3.8) is 0 Å². The molecular weight excluding hydrogens is 623 g/mol. The van der Waals surface area contributed by atoms with Gasteiger partial charge in [-0.1, -0.05) is 30.3 Å². The molecule has 1 aromatic heterocycles. The largest absolute Gasteiger partial charge is 0.497 e. The highest BCUT2D eigenvalue weighted by Crippen LogP contribution is 2.37. The first kappa shape index (κ1) is 27.3. The molecule has 0 aliphatic rings. The molecule has 0 unspecified atom stereocenters. The zero-order valence-corrected chi connectivity index (χ0v) is 23.6. The number of rotatable bonds is 11. The van der Waals surface area contributed by atoms with Crippen molar-refractivity contribution in [1.29, 1.82) is 0 Å². The minimum absolute atomic E-state index is 0.0146. The predicted molar refractivity (Wildman–Crippen MR) is 151 cm³/mol. The molecule has 11 heteroatoms. The van der Waals surface area contributed by atoms with Crippen molar-refractivity contribution in [2.45, 2.75) is 11.8 Å². The Bertz CT molecular complexity index is 1440. The zero-order chi connectivity index (χ0) is 27.1. The molecule has 0 bridgehead atoms. The average molecular weight is 646 g/mol. The Balaban J connectivity index is 1.57. The number of nitrogens with zero attached hydrogens (tertiary/aromatic N) is 2. The summed E-state index contributed by atoms with van der Waals surface area (Å²) < 4.78 is 28.6. The van der Waals surface area contributed by atoms with Gasteiger partial charge < -0.3 is 28.5 Å². The maximum Gasteiger partial charge on any atom is 0.342 e. The van der Waals surface area contributed by atoms with Crippen molar-refractivity contribution >= 4 is 46.4 Å². The lowest BCUT2D eigenvalue weighted by atomic mass is 10.2. The van der Waals surface area contributed by atoms with Crippen molar-refractivity contribution < 1.29 is 33.3 Å². The smallest absolute Gasteiger partial charge is 0.342 e. The maximum absolute atomic E-state index is 12.0. The molecule has 0 saturated carbocycles. The summed E-state index contributed by atoms with van der Waals surface area (Å²) in [5.74, 6) is 1.23. The standard InChI is InChI=1S/C27H23IN2O7S/c1-33-19-12-18(13-20(14-19)34-2)25-29-30-27(37-25)38-23(26(31)32)11-17-9-21(28)24(22(10-17)35-3)36-15-16-7-5-4-6-8-16/h4-14H,15H2,1-3H3,(H,31,32)/b23-11-. The summed E-state index contributed by atoms with van der Waals surface area (Å²) >= 11 is 2.98. The monoisotopic (exact) mass is 646 g/mol. The highest BCUT2D eigenvalue weighted by molar-refractivity contribution is 14.1. The Morgan fingerprint density at radius 2 is 1.71 bits per heavy atom. The van der Waals surface area contributed by atoms with E-state index in [9.17, 15) is 9.90 Å². The minimum Gasteiger partial charge on any atom is -0.497 e. The van der Waals surface area contributed by atoms with E-state index >= 15 is 0 Å². The van der Waals surface area contributed by atoms with Gasteiger partial charge in [0.05, 0.1) is 24.9 Å². The van der Waals surface area contributed by atoms with Crippen LogP contribution in [0.1, 0.15) is 11.1 Å². The number of aliphatic carboxylic acids is 1. The molecular formula is C27H23IN2O7S. The van der Waals surface area contributed by atoms with Gasteiger partial charge in [0.2, 0.25) is 5.89 Å². The second-order valence-electron chi connectivity index (χ2n) is 7.70. The topological polar surface area (TPSA) is 113 Å². The molecule has 0 amide bonds. The van der Waals surface area contributed by atoms with Crippen molar-refractivity contribution in [2.75, 3.05) is 21.3 Å². The van der Waals surface area contributed by atoms with E-state index in [0.29, 0.717) is 40.7 Å². The van der Waals surface area contributed by atoms with E-state index in [-0.39, 0.29) is 16.0 Å². The lowest BCUT2D eigenvalue weighted by molar-refractivity contribution is -0.131. The molecule has 0 aliphatic carbocycles. The van der Waals surface area contributed by atoms with Gasteiger partial charge in [0.15, 0.2) is 11.5 Å². The van der Waals surface area contributed by atoms with E-state index in [2.05, 4.69) is 32.8 Å². The molecule has 1 heterocycles. The van der Waals surface area contributed by atoms with Crippen LogP contribution in [-0.4, -0.2) is 42.6 Å². The second-order valence-corrected chi connectivity index (χ2v) is 9.85. The molecule has 0 atom stereocenters. The molecule has 3 aromatic carbocycles. The first-order chi connectivity index (χ1) is 18.4. The molecule has 0 spiro atoms. The lowest BCUT2D eigenvalue weighted by Gasteiger charge is -2.14. The Kier molecular flexibility index (Phi) is 9.13. The number of ether oxygens (including phenoxy) is 4. The van der Waals surface area contributed by atoms with Crippen LogP contribution in [0.5, 0.6) is 23.0 Å². The Morgan fingerprint density at radius 3 is 2.34 bits per heavy atom. The minimum atomic E-state index is -1.14. The number of methoxy groups -OCH3 is 3. The third kappa shape index (κ3) is 6.78. The second kappa shape index (κ2) is 12.7. The van der Waals surface area contributed by atoms with Crippen LogP contribution in [-0.2, 0) is 11.4 Å². The number of hydrogen-bond donors (Lipinski definition) is 1. The van der Waals surface area contributed by atoms with Gasteiger partial charge in [0.25, 0.3) is 5.22 Å². The van der Waals surface area contributed by atoms with Gasteiger partial charge in [0, 0.05) is 11.6 Å².